The minimum absolute atomic E-state index is 0.0312. The van der Waals surface area contributed by atoms with E-state index in [1.807, 2.05) is 27.7 Å². The summed E-state index contributed by atoms with van der Waals surface area (Å²) in [6.45, 7) is 11.3. The van der Waals surface area contributed by atoms with Crippen LogP contribution in [0.5, 0.6) is 0 Å². The molecule has 0 aromatic rings. The number of hydrogen-bond donors (Lipinski definition) is 7. The molecule has 0 aromatic carbocycles. The van der Waals surface area contributed by atoms with Gasteiger partial charge < -0.3 is 38.3 Å². The molecule has 35 heavy (non-hydrogen) atoms. The molecule has 202 valence electrons. The highest BCUT2D eigenvalue weighted by atomic mass is 16.4. The number of nitrogens with one attached hydrogen (secondary N) is 3. The van der Waals surface area contributed by atoms with Gasteiger partial charge in [-0.15, -0.1) is 0 Å². The Balaban J connectivity index is 5.61. The third kappa shape index (κ3) is 13.5. The average Bonchev–Trinajstić information content (AvgIpc) is 2.72. The zero-order valence-corrected chi connectivity index (χ0v) is 21.8. The molecule has 0 aromatic heterocycles. The lowest BCUT2D eigenvalue weighted by molar-refractivity contribution is -0.143. The van der Waals surface area contributed by atoms with Crippen molar-refractivity contribution < 1.29 is 24.3 Å². The third-order valence-electron chi connectivity index (χ3n) is 5.26. The Kier molecular flexibility index (Phi) is 14.6. The molecule has 0 heterocycles. The van der Waals surface area contributed by atoms with Gasteiger partial charge in [0.25, 0.3) is 0 Å². The Hall–Kier alpha value is -2.89. The van der Waals surface area contributed by atoms with E-state index in [1.165, 1.54) is 0 Å². The number of carboxylic acids is 1. The molecule has 0 aliphatic rings. The summed E-state index contributed by atoms with van der Waals surface area (Å²) in [4.78, 5) is 54.1. The van der Waals surface area contributed by atoms with Gasteiger partial charge in [-0.25, -0.2) is 4.79 Å². The highest BCUT2D eigenvalue weighted by Crippen LogP contribution is 2.10. The molecule has 4 atom stereocenters. The molecule has 4 unspecified atom stereocenters. The maximum atomic E-state index is 13.1. The summed E-state index contributed by atoms with van der Waals surface area (Å²) in [7, 11) is 0. The zero-order valence-electron chi connectivity index (χ0n) is 21.8. The van der Waals surface area contributed by atoms with Gasteiger partial charge in [0.1, 0.15) is 18.1 Å². The summed E-state index contributed by atoms with van der Waals surface area (Å²) in [5.41, 5.74) is 16.6. The van der Waals surface area contributed by atoms with Gasteiger partial charge in [0.2, 0.25) is 17.7 Å². The van der Waals surface area contributed by atoms with E-state index in [0.717, 1.165) is 0 Å². The summed E-state index contributed by atoms with van der Waals surface area (Å²) < 4.78 is 0. The van der Waals surface area contributed by atoms with Gasteiger partial charge in [0.05, 0.1) is 6.04 Å². The Bertz CT molecular complexity index is 736. The first-order chi connectivity index (χ1) is 16.1. The lowest BCUT2D eigenvalue weighted by Gasteiger charge is -2.26. The molecular formula is C23H45N7O5. The van der Waals surface area contributed by atoms with Crippen molar-refractivity contribution in [2.75, 3.05) is 6.54 Å². The summed E-state index contributed by atoms with van der Waals surface area (Å²) in [6.07, 6.45) is 1.13. The number of nitrogens with two attached hydrogens (primary N) is 3. The number of nitrogens with zero attached hydrogens (tertiary/aromatic N) is 1. The lowest BCUT2D eigenvalue weighted by Crippen LogP contribution is -2.57. The first kappa shape index (κ1) is 32.1. The van der Waals surface area contributed by atoms with Crippen LogP contribution in [0.25, 0.3) is 0 Å². The zero-order chi connectivity index (χ0) is 27.3. The summed E-state index contributed by atoms with van der Waals surface area (Å²) >= 11 is 0. The minimum Gasteiger partial charge on any atom is -0.480 e. The van der Waals surface area contributed by atoms with Gasteiger partial charge in [0.15, 0.2) is 5.96 Å². The van der Waals surface area contributed by atoms with Crippen LogP contribution in [0, 0.1) is 17.8 Å². The van der Waals surface area contributed by atoms with Crippen LogP contribution >= 0.6 is 0 Å². The molecule has 0 aliphatic carbocycles. The lowest BCUT2D eigenvalue weighted by atomic mass is 9.99. The number of hydrogen-bond acceptors (Lipinski definition) is 6. The van der Waals surface area contributed by atoms with Crippen LogP contribution in [-0.2, 0) is 19.2 Å². The number of rotatable bonds is 16. The molecule has 0 radical (unpaired) electrons. The Morgan fingerprint density at radius 2 is 1.23 bits per heavy atom. The van der Waals surface area contributed by atoms with Crippen LogP contribution in [0.15, 0.2) is 4.99 Å². The van der Waals surface area contributed by atoms with Crippen molar-refractivity contribution in [2.45, 2.75) is 91.4 Å². The number of carboxylic acid groups (broad SMARTS) is 1. The number of amides is 3. The van der Waals surface area contributed by atoms with Crippen molar-refractivity contribution in [2.24, 2.45) is 39.9 Å². The fourth-order valence-electron chi connectivity index (χ4n) is 3.28. The van der Waals surface area contributed by atoms with Crippen LogP contribution in [0.1, 0.15) is 67.2 Å². The molecule has 0 saturated heterocycles. The molecule has 12 nitrogen and oxygen atoms in total. The molecule has 12 heteroatoms. The van der Waals surface area contributed by atoms with Crippen molar-refractivity contribution in [3.8, 4) is 0 Å². The van der Waals surface area contributed by atoms with Gasteiger partial charge in [-0.2, -0.15) is 0 Å². The maximum absolute atomic E-state index is 13.1. The van der Waals surface area contributed by atoms with Crippen LogP contribution in [-0.4, -0.2) is 65.5 Å². The van der Waals surface area contributed by atoms with Gasteiger partial charge in [-0.1, -0.05) is 41.5 Å². The minimum atomic E-state index is -1.14. The molecule has 0 fully saturated rings. The third-order valence-corrected chi connectivity index (χ3v) is 5.26. The van der Waals surface area contributed by atoms with E-state index in [1.54, 1.807) is 13.8 Å². The maximum Gasteiger partial charge on any atom is 0.326 e. The van der Waals surface area contributed by atoms with E-state index >= 15 is 0 Å². The predicted molar refractivity (Wildman–Crippen MR) is 135 cm³/mol. The van der Waals surface area contributed by atoms with Crippen LogP contribution in [0.3, 0.4) is 0 Å². The van der Waals surface area contributed by atoms with E-state index in [4.69, 9.17) is 17.2 Å². The summed E-state index contributed by atoms with van der Waals surface area (Å²) in [5, 5.41) is 17.3. The molecule has 0 aliphatic heterocycles. The van der Waals surface area contributed by atoms with Gasteiger partial charge in [-0.05, 0) is 43.4 Å². The Morgan fingerprint density at radius 3 is 1.69 bits per heavy atom. The number of carbonyl (C=O) groups is 4. The SMILES string of the molecule is CC(C)CC(NC(=O)C(CC(C)C)NC(=O)C(CCCN=C(N)N)NC(=O)C(N)C(C)C)C(=O)O. The standard InChI is InChI=1S/C23H45N7O5/c1-12(2)10-16(20(32)30-17(22(34)35)11-13(3)4)29-19(31)15(8-7-9-27-23(25)26)28-21(33)18(24)14(5)6/h12-18H,7-11,24H2,1-6H3,(H,28,33)(H,29,31)(H,30,32)(H,34,35)(H4,25,26,27). The van der Waals surface area contributed by atoms with Crippen molar-refractivity contribution in [1.29, 1.82) is 0 Å². The van der Waals surface area contributed by atoms with Crippen molar-refractivity contribution >= 4 is 29.7 Å². The first-order valence-corrected chi connectivity index (χ1v) is 12.1. The molecule has 3 amide bonds. The van der Waals surface area contributed by atoms with Crippen molar-refractivity contribution in [3.63, 3.8) is 0 Å². The summed E-state index contributed by atoms with van der Waals surface area (Å²) in [6, 6.07) is -3.85. The number of aliphatic imine (C=N–C) groups is 1. The van der Waals surface area contributed by atoms with Crippen LogP contribution < -0.4 is 33.2 Å². The Labute approximate surface area is 208 Å². The quantitative estimate of drug-likeness (QED) is 0.0844. The van der Waals surface area contributed by atoms with E-state index < -0.39 is 47.9 Å². The monoisotopic (exact) mass is 499 g/mol. The second kappa shape index (κ2) is 15.9. The topological polar surface area (TPSA) is 215 Å². The van der Waals surface area contributed by atoms with Crippen LogP contribution in [0.4, 0.5) is 0 Å². The van der Waals surface area contributed by atoms with Crippen LogP contribution in [0.2, 0.25) is 0 Å². The van der Waals surface area contributed by atoms with Gasteiger partial charge >= 0.3 is 5.97 Å². The molecule has 10 N–H and O–H groups in total. The number of carbonyl (C=O) groups excluding carboxylic acids is 3. The smallest absolute Gasteiger partial charge is 0.326 e. The second-order valence-corrected chi connectivity index (χ2v) is 10.00. The predicted octanol–water partition coefficient (Wildman–Crippen LogP) is -0.345. The fourth-order valence-corrected chi connectivity index (χ4v) is 3.28. The fraction of sp³-hybridized carbons (Fsp3) is 0.783. The van der Waals surface area contributed by atoms with Crippen molar-refractivity contribution in [3.05, 3.63) is 0 Å². The molecular weight excluding hydrogens is 454 g/mol. The van der Waals surface area contributed by atoms with Crippen molar-refractivity contribution in [1.82, 2.24) is 16.0 Å². The highest BCUT2D eigenvalue weighted by molar-refractivity contribution is 5.94. The number of guanidine groups is 1. The van der Waals surface area contributed by atoms with Gasteiger partial charge in [0, 0.05) is 6.54 Å². The molecule has 0 saturated carbocycles. The molecule has 0 bridgehead atoms. The Morgan fingerprint density at radius 1 is 0.771 bits per heavy atom. The second-order valence-electron chi connectivity index (χ2n) is 10.00. The van der Waals surface area contributed by atoms with E-state index in [2.05, 4.69) is 20.9 Å². The highest BCUT2D eigenvalue weighted by Gasteiger charge is 2.31. The molecule has 0 rings (SSSR count). The normalized spacial score (nSPS) is 14.7. The largest absolute Gasteiger partial charge is 0.480 e. The van der Waals surface area contributed by atoms with E-state index in [-0.39, 0.29) is 49.5 Å². The summed E-state index contributed by atoms with van der Waals surface area (Å²) in [5.74, 6) is -2.95. The van der Waals surface area contributed by atoms with Gasteiger partial charge in [-0.3, -0.25) is 19.4 Å². The molecule has 0 spiro atoms. The number of aliphatic carboxylic acids is 1. The first-order valence-electron chi connectivity index (χ1n) is 12.1. The van der Waals surface area contributed by atoms with E-state index in [0.29, 0.717) is 6.42 Å². The average molecular weight is 500 g/mol. The van der Waals surface area contributed by atoms with E-state index in [9.17, 15) is 24.3 Å².